The van der Waals surface area contributed by atoms with Gasteiger partial charge in [0.1, 0.15) is 0 Å². The fourth-order valence-electron chi connectivity index (χ4n) is 4.26. The summed E-state index contributed by atoms with van der Waals surface area (Å²) in [5.41, 5.74) is 0. The van der Waals surface area contributed by atoms with Gasteiger partial charge in [0, 0.05) is 38.1 Å². The predicted octanol–water partition coefficient (Wildman–Crippen LogP) is 1.39. The summed E-state index contributed by atoms with van der Waals surface area (Å²) in [6.45, 7) is 4.85. The van der Waals surface area contributed by atoms with Crippen LogP contribution in [0.5, 0.6) is 0 Å². The molecule has 0 aromatic rings. The molecule has 2 aliphatic heterocycles. The molecule has 0 aromatic heterocycles. The Bertz CT molecular complexity index is 635. The number of aliphatic imine (C=N–C) groups is 1. The number of likely N-dealkylation sites (tertiary alicyclic amines) is 1. The molecule has 0 bridgehead atoms. The summed E-state index contributed by atoms with van der Waals surface area (Å²) < 4.78 is 23.2. The Balaban J connectivity index is 0.00000261. The number of guanidine groups is 1. The van der Waals surface area contributed by atoms with Crippen molar-refractivity contribution in [3.8, 4) is 0 Å². The topological polar surface area (TPSA) is 90.9 Å². The van der Waals surface area contributed by atoms with E-state index in [2.05, 4.69) is 15.6 Å². The summed E-state index contributed by atoms with van der Waals surface area (Å²) in [6.07, 6.45) is 6.09. The van der Waals surface area contributed by atoms with E-state index >= 15 is 0 Å². The maximum Gasteiger partial charge on any atom is 0.225 e. The molecule has 9 heteroatoms. The van der Waals surface area contributed by atoms with E-state index in [4.69, 9.17) is 0 Å². The van der Waals surface area contributed by atoms with Crippen LogP contribution in [-0.4, -0.2) is 68.9 Å². The van der Waals surface area contributed by atoms with Crippen LogP contribution < -0.4 is 10.6 Å². The van der Waals surface area contributed by atoms with Gasteiger partial charge in [0.25, 0.3) is 0 Å². The third-order valence-electron chi connectivity index (χ3n) is 5.72. The highest BCUT2D eigenvalue weighted by Gasteiger charge is 2.32. The van der Waals surface area contributed by atoms with Crippen LogP contribution >= 0.6 is 24.0 Å². The number of rotatable bonds is 5. The fraction of sp³-hybridized carbons (Fsp3) is 0.889. The van der Waals surface area contributed by atoms with E-state index < -0.39 is 9.84 Å². The zero-order valence-electron chi connectivity index (χ0n) is 16.2. The summed E-state index contributed by atoms with van der Waals surface area (Å²) in [6, 6.07) is 0.213. The van der Waals surface area contributed by atoms with Crippen LogP contribution in [-0.2, 0) is 14.6 Å². The molecule has 2 unspecified atom stereocenters. The lowest BCUT2D eigenvalue weighted by Crippen LogP contribution is -2.45. The van der Waals surface area contributed by atoms with Crippen LogP contribution in [0.3, 0.4) is 0 Å². The molecule has 2 saturated heterocycles. The van der Waals surface area contributed by atoms with Crippen LogP contribution in [0.25, 0.3) is 0 Å². The molecule has 1 aliphatic carbocycles. The van der Waals surface area contributed by atoms with Gasteiger partial charge in [0.05, 0.1) is 11.5 Å². The Morgan fingerprint density at radius 1 is 1.19 bits per heavy atom. The number of hydrogen-bond acceptors (Lipinski definition) is 4. The van der Waals surface area contributed by atoms with Crippen LogP contribution in [0.4, 0.5) is 0 Å². The Hall–Kier alpha value is -0.580. The van der Waals surface area contributed by atoms with E-state index in [1.165, 1.54) is 12.8 Å². The van der Waals surface area contributed by atoms with E-state index in [1.54, 1.807) is 0 Å². The Morgan fingerprint density at radius 3 is 2.56 bits per heavy atom. The summed E-state index contributed by atoms with van der Waals surface area (Å²) in [7, 11) is -2.86. The van der Waals surface area contributed by atoms with Crippen molar-refractivity contribution in [3.63, 3.8) is 0 Å². The fourth-order valence-corrected chi connectivity index (χ4v) is 6.11. The number of carbonyl (C=O) groups is 1. The normalized spacial score (nSPS) is 28.2. The highest BCUT2D eigenvalue weighted by molar-refractivity contribution is 14.0. The van der Waals surface area contributed by atoms with Gasteiger partial charge >= 0.3 is 0 Å². The minimum absolute atomic E-state index is 0. The first-order chi connectivity index (χ1) is 12.5. The van der Waals surface area contributed by atoms with Crippen molar-refractivity contribution in [2.75, 3.05) is 37.7 Å². The second-order valence-corrected chi connectivity index (χ2v) is 10.1. The zero-order valence-corrected chi connectivity index (χ0v) is 19.3. The Morgan fingerprint density at radius 2 is 1.93 bits per heavy atom. The van der Waals surface area contributed by atoms with Gasteiger partial charge in [-0.15, -0.1) is 24.0 Å². The highest BCUT2D eigenvalue weighted by atomic mass is 127. The SMILES string of the molecule is CCNC(=NCC1CCS(=O)(=O)C1)NC1CCN(C(=O)C2CCCC2)C1.I. The predicted molar refractivity (Wildman–Crippen MR) is 118 cm³/mol. The second kappa shape index (κ2) is 10.3. The van der Waals surface area contributed by atoms with Crippen molar-refractivity contribution in [1.29, 1.82) is 0 Å². The van der Waals surface area contributed by atoms with Gasteiger partial charge in [-0.2, -0.15) is 0 Å². The van der Waals surface area contributed by atoms with Gasteiger partial charge in [-0.1, -0.05) is 12.8 Å². The van der Waals surface area contributed by atoms with Crippen molar-refractivity contribution in [1.82, 2.24) is 15.5 Å². The summed E-state index contributed by atoms with van der Waals surface area (Å²) in [5, 5.41) is 6.67. The molecule has 1 amide bonds. The number of carbonyl (C=O) groups excluding carboxylic acids is 1. The standard InChI is InChI=1S/C18H32N4O3S.HI/c1-2-19-18(20-11-14-8-10-26(24,25)13-14)21-16-7-9-22(12-16)17(23)15-5-3-4-6-15;/h14-16H,2-13H2,1H3,(H2,19,20,21);1H. The number of halogens is 1. The number of hydrogen-bond donors (Lipinski definition) is 2. The smallest absolute Gasteiger partial charge is 0.225 e. The quantitative estimate of drug-likeness (QED) is 0.330. The first-order valence-electron chi connectivity index (χ1n) is 10.0. The lowest BCUT2D eigenvalue weighted by atomic mass is 10.1. The number of nitrogens with one attached hydrogen (secondary N) is 2. The van der Waals surface area contributed by atoms with Crippen LogP contribution in [0, 0.1) is 11.8 Å². The molecule has 3 rings (SSSR count). The van der Waals surface area contributed by atoms with Crippen molar-refractivity contribution < 1.29 is 13.2 Å². The van der Waals surface area contributed by atoms with E-state index in [9.17, 15) is 13.2 Å². The lowest BCUT2D eigenvalue weighted by molar-refractivity contribution is -0.134. The molecule has 0 radical (unpaired) electrons. The van der Waals surface area contributed by atoms with Crippen molar-refractivity contribution in [3.05, 3.63) is 0 Å². The number of amides is 1. The molecule has 2 atom stereocenters. The Kier molecular flexibility index (Phi) is 8.64. The van der Waals surface area contributed by atoms with Gasteiger partial charge < -0.3 is 15.5 Å². The van der Waals surface area contributed by atoms with Crippen molar-refractivity contribution in [2.45, 2.75) is 51.5 Å². The number of nitrogens with zero attached hydrogens (tertiary/aromatic N) is 2. The third kappa shape index (κ3) is 6.47. The maximum atomic E-state index is 12.6. The van der Waals surface area contributed by atoms with Gasteiger partial charge in [-0.3, -0.25) is 9.79 Å². The largest absolute Gasteiger partial charge is 0.357 e. The molecule has 2 heterocycles. The van der Waals surface area contributed by atoms with Gasteiger partial charge in [-0.25, -0.2) is 8.42 Å². The monoisotopic (exact) mass is 512 g/mol. The third-order valence-corrected chi connectivity index (χ3v) is 7.56. The van der Waals surface area contributed by atoms with Gasteiger partial charge in [0.2, 0.25) is 5.91 Å². The van der Waals surface area contributed by atoms with Gasteiger partial charge in [-0.05, 0) is 38.5 Å². The van der Waals surface area contributed by atoms with Gasteiger partial charge in [0.15, 0.2) is 15.8 Å². The average Bonchev–Trinajstić information content (AvgIpc) is 3.33. The summed E-state index contributed by atoms with van der Waals surface area (Å²) in [5.74, 6) is 1.96. The molecule has 2 N–H and O–H groups in total. The molecule has 3 aliphatic rings. The minimum atomic E-state index is -2.86. The Labute approximate surface area is 180 Å². The van der Waals surface area contributed by atoms with Crippen molar-refractivity contribution in [2.24, 2.45) is 16.8 Å². The molecular weight excluding hydrogens is 479 g/mol. The molecule has 7 nitrogen and oxygen atoms in total. The van der Waals surface area contributed by atoms with Crippen molar-refractivity contribution >= 4 is 45.7 Å². The van der Waals surface area contributed by atoms with E-state index in [0.29, 0.717) is 18.9 Å². The first kappa shape index (κ1) is 22.7. The van der Waals surface area contributed by atoms with E-state index in [1.807, 2.05) is 11.8 Å². The average molecular weight is 512 g/mol. The first-order valence-corrected chi connectivity index (χ1v) is 11.8. The highest BCUT2D eigenvalue weighted by Crippen LogP contribution is 2.27. The molecule has 156 valence electrons. The minimum Gasteiger partial charge on any atom is -0.357 e. The zero-order chi connectivity index (χ0) is 18.6. The lowest BCUT2D eigenvalue weighted by Gasteiger charge is -2.21. The van der Waals surface area contributed by atoms with E-state index in [0.717, 1.165) is 44.9 Å². The number of sulfone groups is 1. The second-order valence-electron chi connectivity index (χ2n) is 7.88. The molecule has 27 heavy (non-hydrogen) atoms. The molecule has 1 saturated carbocycles. The van der Waals surface area contributed by atoms with Crippen LogP contribution in [0.1, 0.15) is 45.4 Å². The van der Waals surface area contributed by atoms with E-state index in [-0.39, 0.29) is 53.4 Å². The molecular formula is C18H33IN4O3S. The molecule has 0 spiro atoms. The molecule has 0 aromatic carbocycles. The maximum absolute atomic E-state index is 12.6. The summed E-state index contributed by atoms with van der Waals surface area (Å²) >= 11 is 0. The van der Waals surface area contributed by atoms with Crippen LogP contribution in [0.15, 0.2) is 4.99 Å². The van der Waals surface area contributed by atoms with Crippen LogP contribution in [0.2, 0.25) is 0 Å². The summed E-state index contributed by atoms with van der Waals surface area (Å²) in [4.78, 5) is 19.2. The molecule has 3 fully saturated rings.